The first-order valence-corrected chi connectivity index (χ1v) is 13.6. The molecule has 0 unspecified atom stereocenters. The normalized spacial score (nSPS) is 18.0. The average molecular weight is 505 g/mol. The number of piperidine rings is 1. The molecule has 3 heterocycles. The molecule has 0 aliphatic carbocycles. The van der Waals surface area contributed by atoms with Crippen LogP contribution < -0.4 is 9.62 Å². The maximum atomic E-state index is 12.8. The molecule has 0 bridgehead atoms. The number of sulfonamides is 1. The fourth-order valence-electron chi connectivity index (χ4n) is 4.63. The molecule has 0 radical (unpaired) electrons. The lowest BCUT2D eigenvalue weighted by Gasteiger charge is -2.37. The summed E-state index contributed by atoms with van der Waals surface area (Å²) in [6.45, 7) is 6.77. The molecule has 2 aromatic rings. The summed E-state index contributed by atoms with van der Waals surface area (Å²) < 4.78 is 26.2. The summed E-state index contributed by atoms with van der Waals surface area (Å²) in [4.78, 5) is 30.4. The number of hydrogen-bond donors (Lipinski definition) is 2. The highest BCUT2D eigenvalue weighted by Crippen LogP contribution is 2.29. The van der Waals surface area contributed by atoms with Crippen LogP contribution in [0.3, 0.4) is 0 Å². The third kappa shape index (κ3) is 6.31. The third-order valence-corrected chi connectivity index (χ3v) is 7.12. The van der Waals surface area contributed by atoms with E-state index in [0.29, 0.717) is 39.0 Å². The van der Waals surface area contributed by atoms with E-state index in [2.05, 4.69) is 44.7 Å². The van der Waals surface area contributed by atoms with Crippen LogP contribution in [-0.4, -0.2) is 90.6 Å². The minimum absolute atomic E-state index is 0.110. The van der Waals surface area contributed by atoms with Crippen molar-refractivity contribution in [2.24, 2.45) is 5.92 Å². The Hall–Kier alpha value is -3.12. The highest BCUT2D eigenvalue weighted by atomic mass is 32.2. The zero-order valence-corrected chi connectivity index (χ0v) is 20.9. The summed E-state index contributed by atoms with van der Waals surface area (Å²) in [6, 6.07) is 7.58. The van der Waals surface area contributed by atoms with Crippen LogP contribution in [0.2, 0.25) is 0 Å². The monoisotopic (exact) mass is 504 g/mol. The van der Waals surface area contributed by atoms with Gasteiger partial charge in [-0.2, -0.15) is 4.68 Å². The van der Waals surface area contributed by atoms with Gasteiger partial charge in [0.1, 0.15) is 0 Å². The predicted octanol–water partition coefficient (Wildman–Crippen LogP) is 1.65. The number of anilines is 2. The van der Waals surface area contributed by atoms with Gasteiger partial charge in [0.05, 0.1) is 12.2 Å². The largest absolute Gasteiger partial charge is 0.481 e. The Labute approximate surface area is 205 Å². The number of aromatic nitrogens is 2. The predicted molar refractivity (Wildman–Crippen MR) is 132 cm³/mol. The lowest BCUT2D eigenvalue weighted by molar-refractivity contribution is -0.142. The van der Waals surface area contributed by atoms with E-state index in [1.807, 2.05) is 0 Å². The maximum absolute atomic E-state index is 12.8. The molecule has 0 saturated carbocycles. The van der Waals surface area contributed by atoms with Gasteiger partial charge in [-0.3, -0.25) is 14.4 Å². The van der Waals surface area contributed by atoms with Gasteiger partial charge in [0.15, 0.2) is 5.82 Å². The number of carboxylic acid groups (broad SMARTS) is 1. The Morgan fingerprint density at radius 1 is 1.09 bits per heavy atom. The summed E-state index contributed by atoms with van der Waals surface area (Å²) in [5.74, 6) is -0.864. The summed E-state index contributed by atoms with van der Waals surface area (Å²) in [6.07, 6.45) is 3.79. The molecular weight excluding hydrogens is 472 g/mol. The van der Waals surface area contributed by atoms with Gasteiger partial charge in [-0.05, 0) is 37.0 Å². The van der Waals surface area contributed by atoms with E-state index in [9.17, 15) is 23.1 Å². The minimum Gasteiger partial charge on any atom is -0.481 e. The Morgan fingerprint density at radius 3 is 2.40 bits per heavy atom. The van der Waals surface area contributed by atoms with Gasteiger partial charge < -0.3 is 14.9 Å². The van der Waals surface area contributed by atoms with Crippen LogP contribution >= 0.6 is 0 Å². The topological polar surface area (TPSA) is 128 Å². The summed E-state index contributed by atoms with van der Waals surface area (Å²) >= 11 is 0. The smallest absolute Gasteiger partial charge is 0.344 e. The van der Waals surface area contributed by atoms with E-state index in [4.69, 9.17) is 0 Å². The van der Waals surface area contributed by atoms with Crippen molar-refractivity contribution < 1.29 is 23.1 Å². The Kier molecular flexibility index (Phi) is 7.31. The van der Waals surface area contributed by atoms with Crippen LogP contribution in [0.4, 0.5) is 16.3 Å². The lowest BCUT2D eigenvalue weighted by Crippen LogP contribution is -2.49. The number of hydrogen-bond acceptors (Lipinski definition) is 7. The molecule has 11 nitrogen and oxygen atoms in total. The zero-order chi connectivity index (χ0) is 25.2. The van der Waals surface area contributed by atoms with E-state index in [0.717, 1.165) is 36.3 Å². The first-order valence-electron chi connectivity index (χ1n) is 11.7. The number of amides is 1. The van der Waals surface area contributed by atoms with Crippen molar-refractivity contribution in [2.75, 3.05) is 55.1 Å². The van der Waals surface area contributed by atoms with Gasteiger partial charge in [-0.25, -0.2) is 13.2 Å². The molecule has 4 rings (SSSR count). The second kappa shape index (κ2) is 10.2. The first-order chi connectivity index (χ1) is 16.6. The number of carboxylic acids is 1. The number of benzene rings is 1. The fraction of sp³-hybridized carbons (Fsp3) is 0.522. The quantitative estimate of drug-likeness (QED) is 0.608. The van der Waals surface area contributed by atoms with Crippen molar-refractivity contribution in [3.05, 3.63) is 41.6 Å². The van der Waals surface area contributed by atoms with Crippen LogP contribution in [0.25, 0.3) is 0 Å². The Bertz CT molecular complexity index is 1180. The van der Waals surface area contributed by atoms with Crippen LogP contribution in [0.1, 0.15) is 24.0 Å². The molecule has 2 saturated heterocycles. The standard InChI is InChI=1S/C23H32N6O5S/c1-17-3-4-19(20(15-17)27-8-5-18(6-9-27)22(30)31)16-26-11-13-28(14-12-26)23(32)29-10-7-21(24-29)25-35(2,33)34/h3-4,7,10,15,18H,5-6,8-9,11-14,16H2,1-2H3,(H,24,25)(H,30,31). The number of carbonyl (C=O) groups is 2. The summed E-state index contributed by atoms with van der Waals surface area (Å²) in [5, 5.41) is 13.3. The molecular formula is C23H32N6O5S. The molecule has 1 aromatic carbocycles. The van der Waals surface area contributed by atoms with Gasteiger partial charge in [0.25, 0.3) is 0 Å². The van der Waals surface area contributed by atoms with Crippen molar-refractivity contribution in [2.45, 2.75) is 26.3 Å². The molecule has 2 N–H and O–H groups in total. The van der Waals surface area contributed by atoms with Crippen LogP contribution in [0, 0.1) is 12.8 Å². The van der Waals surface area contributed by atoms with Gasteiger partial charge in [-0.1, -0.05) is 12.1 Å². The highest BCUT2D eigenvalue weighted by molar-refractivity contribution is 7.92. The molecule has 0 spiro atoms. The van der Waals surface area contributed by atoms with E-state index in [-0.39, 0.29) is 17.8 Å². The van der Waals surface area contributed by atoms with E-state index in [1.54, 1.807) is 4.90 Å². The molecule has 1 amide bonds. The lowest BCUT2D eigenvalue weighted by atomic mass is 9.95. The van der Waals surface area contributed by atoms with E-state index >= 15 is 0 Å². The van der Waals surface area contributed by atoms with Crippen molar-refractivity contribution in [1.82, 2.24) is 19.6 Å². The summed E-state index contributed by atoms with van der Waals surface area (Å²) in [7, 11) is -3.46. The molecule has 35 heavy (non-hydrogen) atoms. The second-order valence-corrected chi connectivity index (χ2v) is 11.0. The number of nitrogens with zero attached hydrogens (tertiary/aromatic N) is 5. The fourth-order valence-corrected chi connectivity index (χ4v) is 5.12. The van der Waals surface area contributed by atoms with Crippen molar-refractivity contribution in [3.63, 3.8) is 0 Å². The van der Waals surface area contributed by atoms with Gasteiger partial charge >= 0.3 is 12.0 Å². The number of carbonyl (C=O) groups excluding carboxylic acids is 1. The average Bonchev–Trinajstić information content (AvgIpc) is 3.27. The molecule has 190 valence electrons. The number of aliphatic carboxylic acids is 1. The number of rotatable bonds is 6. The van der Waals surface area contributed by atoms with Gasteiger partial charge in [0.2, 0.25) is 10.0 Å². The zero-order valence-electron chi connectivity index (χ0n) is 20.1. The highest BCUT2D eigenvalue weighted by Gasteiger charge is 2.27. The first kappa shape index (κ1) is 25.0. The van der Waals surface area contributed by atoms with E-state index in [1.165, 1.54) is 23.4 Å². The van der Waals surface area contributed by atoms with E-state index < -0.39 is 16.0 Å². The summed E-state index contributed by atoms with van der Waals surface area (Å²) in [5.41, 5.74) is 3.53. The maximum Gasteiger partial charge on any atom is 0.344 e. The molecule has 2 aliphatic rings. The van der Waals surface area contributed by atoms with Crippen LogP contribution in [-0.2, 0) is 21.4 Å². The second-order valence-electron chi connectivity index (χ2n) is 9.30. The third-order valence-electron chi connectivity index (χ3n) is 6.54. The van der Waals surface area contributed by atoms with Crippen LogP contribution in [0.15, 0.2) is 30.5 Å². The molecule has 12 heteroatoms. The minimum atomic E-state index is -3.46. The Balaban J connectivity index is 1.35. The molecule has 0 atom stereocenters. The van der Waals surface area contributed by atoms with Crippen LogP contribution in [0.5, 0.6) is 0 Å². The number of aryl methyl sites for hydroxylation is 1. The van der Waals surface area contributed by atoms with Crippen molar-refractivity contribution in [1.29, 1.82) is 0 Å². The van der Waals surface area contributed by atoms with Crippen molar-refractivity contribution in [3.8, 4) is 0 Å². The SMILES string of the molecule is Cc1ccc(CN2CCN(C(=O)n3ccc(NS(C)(=O)=O)n3)CC2)c(N2CCC(C(=O)O)CC2)c1. The molecule has 2 fully saturated rings. The number of piperazine rings is 1. The molecule has 2 aliphatic heterocycles. The van der Waals surface area contributed by atoms with Gasteiger partial charge in [-0.15, -0.1) is 5.10 Å². The van der Waals surface area contributed by atoms with Gasteiger partial charge in [0, 0.05) is 63.8 Å². The number of nitrogens with one attached hydrogen (secondary N) is 1. The van der Waals surface area contributed by atoms with Crippen molar-refractivity contribution >= 4 is 33.5 Å². The Morgan fingerprint density at radius 2 is 1.77 bits per heavy atom. The molecule has 1 aromatic heterocycles.